The highest BCUT2D eigenvalue weighted by Crippen LogP contribution is 2.49. The van der Waals surface area contributed by atoms with E-state index in [1.807, 2.05) is 53.6 Å². The van der Waals surface area contributed by atoms with Gasteiger partial charge in [0.15, 0.2) is 5.17 Å². The van der Waals surface area contributed by atoms with Gasteiger partial charge in [-0.05, 0) is 37.5 Å². The molecule has 0 saturated heterocycles. The van der Waals surface area contributed by atoms with Gasteiger partial charge < -0.3 is 24.4 Å². The van der Waals surface area contributed by atoms with Crippen molar-refractivity contribution in [2.24, 2.45) is 4.99 Å². The second kappa shape index (κ2) is 11.3. The molecule has 0 radical (unpaired) electrons. The summed E-state index contributed by atoms with van der Waals surface area (Å²) >= 11 is 1.42. The monoisotopic (exact) mass is 507 g/mol. The van der Waals surface area contributed by atoms with Gasteiger partial charge in [0.25, 0.3) is 0 Å². The number of benzene rings is 2. The van der Waals surface area contributed by atoms with Crippen molar-refractivity contribution in [2.45, 2.75) is 26.3 Å². The number of methoxy groups -OCH3 is 2. The molecule has 0 saturated carbocycles. The average Bonchev–Trinajstić information content (AvgIpc) is 3.30. The number of hydrogen-bond donors (Lipinski definition) is 1. The molecule has 0 spiro atoms. The van der Waals surface area contributed by atoms with Gasteiger partial charge in [-0.2, -0.15) is 0 Å². The Morgan fingerprint density at radius 3 is 2.53 bits per heavy atom. The van der Waals surface area contributed by atoms with Gasteiger partial charge in [0.1, 0.15) is 11.5 Å². The number of aliphatic imine (C=N–C) groups is 1. The molecule has 2 aliphatic heterocycles. The molecule has 1 atom stereocenters. The Hall–Kier alpha value is -3.72. The molecule has 4 rings (SSSR count). The number of nitrogens with one attached hydrogen (secondary N) is 1. The van der Waals surface area contributed by atoms with E-state index in [4.69, 9.17) is 19.2 Å². The Bertz CT molecular complexity index is 1240. The van der Waals surface area contributed by atoms with Crippen molar-refractivity contribution in [1.82, 2.24) is 10.2 Å². The molecule has 2 aliphatic rings. The van der Waals surface area contributed by atoms with Crippen molar-refractivity contribution in [3.8, 4) is 11.5 Å². The van der Waals surface area contributed by atoms with Gasteiger partial charge in [-0.3, -0.25) is 4.79 Å². The average molecular weight is 508 g/mol. The Labute approximate surface area is 215 Å². The van der Waals surface area contributed by atoms with Gasteiger partial charge in [-0.1, -0.05) is 42.1 Å². The lowest BCUT2D eigenvalue weighted by molar-refractivity contribution is -0.139. The van der Waals surface area contributed by atoms with Crippen LogP contribution < -0.4 is 14.8 Å². The molecule has 0 aliphatic carbocycles. The first-order valence-corrected chi connectivity index (χ1v) is 12.6. The molecule has 2 aromatic rings. The summed E-state index contributed by atoms with van der Waals surface area (Å²) in [7, 11) is 3.17. The van der Waals surface area contributed by atoms with E-state index in [1.165, 1.54) is 11.8 Å². The summed E-state index contributed by atoms with van der Waals surface area (Å²) in [5.41, 5.74) is 3.11. The van der Waals surface area contributed by atoms with E-state index in [0.717, 1.165) is 11.3 Å². The highest BCUT2D eigenvalue weighted by atomic mass is 32.2. The predicted molar refractivity (Wildman–Crippen MR) is 141 cm³/mol. The summed E-state index contributed by atoms with van der Waals surface area (Å²) in [4.78, 5) is 33.0. The number of fused-ring (bicyclic) bond motifs is 1. The fourth-order valence-electron chi connectivity index (χ4n) is 4.26. The molecule has 9 heteroatoms. The first kappa shape index (κ1) is 25.4. The molecular weight excluding hydrogens is 478 g/mol. The molecule has 0 fully saturated rings. The number of esters is 1. The fraction of sp³-hybridized carbons (Fsp3) is 0.296. The first-order chi connectivity index (χ1) is 17.5. The maximum Gasteiger partial charge on any atom is 0.338 e. The Morgan fingerprint density at radius 1 is 1.08 bits per heavy atom. The SMILES string of the molecule is CCNC(=O)CC1=CSC2=NC(c3ccccc3)=C(C(=O)OCC)[C@@H](c3cc(OC)ccc3OC)N12. The van der Waals surface area contributed by atoms with Gasteiger partial charge in [0.05, 0.1) is 44.6 Å². The number of ether oxygens (including phenoxy) is 3. The molecule has 2 heterocycles. The van der Waals surface area contributed by atoms with Crippen LogP contribution in [-0.2, 0) is 14.3 Å². The van der Waals surface area contributed by atoms with E-state index in [2.05, 4.69) is 5.32 Å². The minimum absolute atomic E-state index is 0.113. The van der Waals surface area contributed by atoms with Crippen molar-refractivity contribution >= 4 is 34.5 Å². The predicted octanol–water partition coefficient (Wildman–Crippen LogP) is 4.51. The van der Waals surface area contributed by atoms with Crippen LogP contribution in [0.2, 0.25) is 0 Å². The number of carbonyl (C=O) groups excluding carboxylic acids is 2. The Balaban J connectivity index is 1.97. The maximum absolute atomic E-state index is 13.6. The van der Waals surface area contributed by atoms with Gasteiger partial charge in [-0.25, -0.2) is 9.79 Å². The van der Waals surface area contributed by atoms with Crippen molar-refractivity contribution in [3.63, 3.8) is 0 Å². The van der Waals surface area contributed by atoms with E-state index >= 15 is 0 Å². The number of rotatable bonds is 9. The van der Waals surface area contributed by atoms with Gasteiger partial charge in [-0.15, -0.1) is 0 Å². The quantitative estimate of drug-likeness (QED) is 0.500. The summed E-state index contributed by atoms with van der Waals surface area (Å²) < 4.78 is 16.8. The lowest BCUT2D eigenvalue weighted by Crippen LogP contribution is -2.38. The molecular formula is C27H29N3O5S. The standard InChI is InChI=1S/C27H29N3O5S/c1-5-28-22(31)14-18-16-36-27-29-24(17-10-8-7-9-11-17)23(26(32)35-6-2)25(30(18)27)20-15-19(33-3)12-13-21(20)34-4/h7-13,15-16,25H,5-6,14H2,1-4H3,(H,28,31)/t25-/m1/s1. The topological polar surface area (TPSA) is 89.5 Å². The number of carbonyl (C=O) groups is 2. The number of hydrogen-bond acceptors (Lipinski definition) is 8. The summed E-state index contributed by atoms with van der Waals surface area (Å²) in [5.74, 6) is 0.590. The molecule has 8 nitrogen and oxygen atoms in total. The van der Waals surface area contributed by atoms with Crippen molar-refractivity contribution in [1.29, 1.82) is 0 Å². The molecule has 0 unspecified atom stereocenters. The summed E-state index contributed by atoms with van der Waals surface area (Å²) in [6.07, 6.45) is 0.138. The minimum Gasteiger partial charge on any atom is -0.497 e. The fourth-order valence-corrected chi connectivity index (χ4v) is 5.18. The van der Waals surface area contributed by atoms with E-state index in [0.29, 0.717) is 40.0 Å². The molecule has 2 aromatic carbocycles. The molecule has 36 heavy (non-hydrogen) atoms. The van der Waals surface area contributed by atoms with Crippen LogP contribution in [0.5, 0.6) is 11.5 Å². The zero-order valence-corrected chi connectivity index (χ0v) is 21.6. The third-order valence-corrected chi connectivity index (χ3v) is 6.69. The number of amidine groups is 1. The van der Waals surface area contributed by atoms with Crippen LogP contribution in [-0.4, -0.2) is 49.3 Å². The van der Waals surface area contributed by atoms with Crippen molar-refractivity contribution in [3.05, 3.63) is 76.3 Å². The van der Waals surface area contributed by atoms with Crippen LogP contribution in [0.4, 0.5) is 0 Å². The van der Waals surface area contributed by atoms with E-state index in [1.54, 1.807) is 33.3 Å². The van der Waals surface area contributed by atoms with Crippen LogP contribution in [0.3, 0.4) is 0 Å². The van der Waals surface area contributed by atoms with Gasteiger partial charge >= 0.3 is 5.97 Å². The molecule has 0 aromatic heterocycles. The maximum atomic E-state index is 13.6. The lowest BCUT2D eigenvalue weighted by Gasteiger charge is -2.37. The second-order valence-corrected chi connectivity index (χ2v) is 8.82. The highest BCUT2D eigenvalue weighted by Gasteiger charge is 2.43. The summed E-state index contributed by atoms with van der Waals surface area (Å²) in [6.45, 7) is 4.38. The third kappa shape index (κ3) is 4.97. The molecule has 0 bridgehead atoms. The largest absolute Gasteiger partial charge is 0.497 e. The van der Waals surface area contributed by atoms with Crippen LogP contribution in [0.1, 0.15) is 37.4 Å². The smallest absolute Gasteiger partial charge is 0.338 e. The van der Waals surface area contributed by atoms with Crippen LogP contribution >= 0.6 is 11.8 Å². The normalized spacial score (nSPS) is 16.7. The number of thioether (sulfide) groups is 1. The zero-order chi connectivity index (χ0) is 25.7. The van der Waals surface area contributed by atoms with Crippen LogP contribution in [0.15, 0.2) is 70.2 Å². The highest BCUT2D eigenvalue weighted by molar-refractivity contribution is 8.16. The molecule has 188 valence electrons. The van der Waals surface area contributed by atoms with Gasteiger partial charge in [0.2, 0.25) is 5.91 Å². The minimum atomic E-state index is -0.660. The Kier molecular flexibility index (Phi) is 8.00. The van der Waals surface area contributed by atoms with Crippen LogP contribution in [0, 0.1) is 0 Å². The van der Waals surface area contributed by atoms with E-state index < -0.39 is 12.0 Å². The summed E-state index contributed by atoms with van der Waals surface area (Å²) in [6, 6.07) is 14.3. The number of amides is 1. The van der Waals surface area contributed by atoms with Crippen LogP contribution in [0.25, 0.3) is 5.70 Å². The van der Waals surface area contributed by atoms with Crippen molar-refractivity contribution in [2.75, 3.05) is 27.4 Å². The molecule has 1 amide bonds. The van der Waals surface area contributed by atoms with Crippen molar-refractivity contribution < 1.29 is 23.8 Å². The second-order valence-electron chi connectivity index (χ2n) is 7.98. The van der Waals surface area contributed by atoms with E-state index in [9.17, 15) is 9.59 Å². The Morgan fingerprint density at radius 2 is 1.86 bits per heavy atom. The first-order valence-electron chi connectivity index (χ1n) is 11.7. The van der Waals surface area contributed by atoms with E-state index in [-0.39, 0.29) is 18.9 Å². The number of nitrogens with zero attached hydrogens (tertiary/aromatic N) is 2. The third-order valence-electron chi connectivity index (χ3n) is 5.80. The lowest BCUT2D eigenvalue weighted by atomic mass is 9.90. The van der Waals surface area contributed by atoms with Gasteiger partial charge in [0, 0.05) is 23.4 Å². The summed E-state index contributed by atoms with van der Waals surface area (Å²) in [5, 5.41) is 5.42. The zero-order valence-electron chi connectivity index (χ0n) is 20.7. The molecule has 1 N–H and O–H groups in total.